The average Bonchev–Trinajstić information content (AvgIpc) is 3.32. The lowest BCUT2D eigenvalue weighted by Crippen LogP contribution is -2.37. The van der Waals surface area contributed by atoms with Gasteiger partial charge in [-0.3, -0.25) is 9.78 Å². The summed E-state index contributed by atoms with van der Waals surface area (Å²) in [6.07, 6.45) is -4.73. The zero-order valence-electron chi connectivity index (χ0n) is 21.5. The van der Waals surface area contributed by atoms with E-state index in [9.17, 15) is 27.9 Å². The number of rotatable bonds is 7. The third kappa shape index (κ3) is 5.49. The van der Waals surface area contributed by atoms with E-state index in [-0.39, 0.29) is 12.2 Å². The number of amides is 1. The highest BCUT2D eigenvalue weighted by Crippen LogP contribution is 2.40. The fraction of sp³-hybridized carbons (Fsp3) is 0.259. The molecule has 2 aromatic carbocycles. The zero-order valence-corrected chi connectivity index (χ0v) is 21.5. The van der Waals surface area contributed by atoms with Gasteiger partial charge in [-0.15, -0.1) is 4.68 Å². The van der Waals surface area contributed by atoms with E-state index in [2.05, 4.69) is 15.4 Å². The van der Waals surface area contributed by atoms with Gasteiger partial charge in [0.1, 0.15) is 11.2 Å². The Morgan fingerprint density at radius 3 is 2.21 bits per heavy atom. The van der Waals surface area contributed by atoms with Crippen molar-refractivity contribution >= 4 is 28.7 Å². The highest BCUT2D eigenvalue weighted by Gasteiger charge is 2.50. The summed E-state index contributed by atoms with van der Waals surface area (Å²) >= 11 is 0. The van der Waals surface area contributed by atoms with Gasteiger partial charge in [-0.25, -0.2) is 4.79 Å². The van der Waals surface area contributed by atoms with E-state index >= 15 is 0 Å². The molecule has 0 aliphatic heterocycles. The van der Waals surface area contributed by atoms with Crippen LogP contribution in [0.1, 0.15) is 25.1 Å². The maximum absolute atomic E-state index is 13.4. The van der Waals surface area contributed by atoms with Gasteiger partial charge >= 0.3 is 12.3 Å². The fourth-order valence-electron chi connectivity index (χ4n) is 3.87. The number of nitrogens with one attached hydrogen (secondary N) is 1. The molecule has 12 heteroatoms. The van der Waals surface area contributed by atoms with E-state index < -0.39 is 29.3 Å². The van der Waals surface area contributed by atoms with Crippen molar-refractivity contribution < 1.29 is 37.3 Å². The Morgan fingerprint density at radius 2 is 1.62 bits per heavy atom. The predicted octanol–water partition coefficient (Wildman–Crippen LogP) is 5.66. The minimum atomic E-state index is -4.67. The number of hydrogen-bond donors (Lipinski definition) is 2. The highest BCUT2D eigenvalue weighted by molar-refractivity contribution is 5.93. The number of halogens is 3. The Balaban J connectivity index is 1.51. The van der Waals surface area contributed by atoms with Crippen molar-refractivity contribution in [3.63, 3.8) is 0 Å². The van der Waals surface area contributed by atoms with E-state index in [1.165, 1.54) is 0 Å². The van der Waals surface area contributed by atoms with Crippen molar-refractivity contribution in [2.24, 2.45) is 0 Å². The first-order chi connectivity index (χ1) is 18.3. The Bertz CT molecular complexity index is 1550. The number of carbonyl (C=O) groups excluding carboxylic acids is 1. The van der Waals surface area contributed by atoms with Crippen LogP contribution in [-0.4, -0.2) is 52.3 Å². The second-order valence-electron chi connectivity index (χ2n) is 9.28. The Morgan fingerprint density at radius 1 is 0.974 bits per heavy atom. The first-order valence-electron chi connectivity index (χ1n) is 11.7. The molecular formula is C27H25F3N4O5. The number of carboxylic acid groups (broad SMARTS) is 1. The van der Waals surface area contributed by atoms with Gasteiger partial charge in [-0.2, -0.15) is 18.3 Å². The number of fused-ring (bicyclic) bond motifs is 1. The molecule has 0 saturated heterocycles. The minimum Gasteiger partial charge on any atom is -0.493 e. The summed E-state index contributed by atoms with van der Waals surface area (Å²) in [4.78, 5) is 28.6. The van der Waals surface area contributed by atoms with Crippen LogP contribution in [0.3, 0.4) is 0 Å². The van der Waals surface area contributed by atoms with Gasteiger partial charge in [0, 0.05) is 29.3 Å². The Kier molecular flexibility index (Phi) is 7.23. The summed E-state index contributed by atoms with van der Waals surface area (Å²) in [5.74, 6) is 0.156. The molecule has 0 radical (unpaired) electrons. The highest BCUT2D eigenvalue weighted by atomic mass is 19.4. The molecule has 0 aliphatic carbocycles. The molecule has 9 nitrogen and oxygen atoms in total. The SMILES string of the molecule is COc1cc2cc(-c3ccc(CC(=O)Nc4cc(C(C)(C)C(F)(F)F)nn4C(=O)O)cc3)cnc2cc1OC. The van der Waals surface area contributed by atoms with Gasteiger partial charge in [0.15, 0.2) is 11.5 Å². The van der Waals surface area contributed by atoms with Gasteiger partial charge in [0.05, 0.1) is 31.9 Å². The molecule has 2 heterocycles. The number of ether oxygens (including phenoxy) is 2. The third-order valence-corrected chi connectivity index (χ3v) is 6.35. The van der Waals surface area contributed by atoms with Crippen LogP contribution < -0.4 is 14.8 Å². The largest absolute Gasteiger partial charge is 0.493 e. The summed E-state index contributed by atoms with van der Waals surface area (Å²) in [5.41, 5.74) is 0.0534. The number of nitrogens with zero attached hydrogens (tertiary/aromatic N) is 3. The van der Waals surface area contributed by atoms with Crippen molar-refractivity contribution in [3.8, 4) is 22.6 Å². The zero-order chi connectivity index (χ0) is 28.5. The standard InChI is InChI=1S/C27H25F3N4O5/c1-26(2,27(28,29)30)22-13-23(34(33-22)25(36)37)32-24(35)9-15-5-7-16(8-6-15)18-10-17-11-20(38-3)21(39-4)12-19(17)31-14-18/h5-8,10-14H,9H2,1-4H3,(H,32,35)(H,36,37). The van der Waals surface area contributed by atoms with Crippen molar-refractivity contribution in [3.05, 3.63) is 66.0 Å². The lowest BCUT2D eigenvalue weighted by Gasteiger charge is -2.25. The molecule has 0 atom stereocenters. The molecule has 204 valence electrons. The van der Waals surface area contributed by atoms with Crippen LogP contribution in [0.25, 0.3) is 22.0 Å². The number of pyridine rings is 1. The van der Waals surface area contributed by atoms with E-state index in [1.807, 2.05) is 12.1 Å². The topological polar surface area (TPSA) is 116 Å². The lowest BCUT2D eigenvalue weighted by atomic mass is 9.89. The Hall–Kier alpha value is -4.61. The normalized spacial score (nSPS) is 11.9. The van der Waals surface area contributed by atoms with Crippen molar-refractivity contribution in [1.82, 2.24) is 14.8 Å². The summed E-state index contributed by atoms with van der Waals surface area (Å²) in [7, 11) is 3.10. The molecule has 2 N–H and O–H groups in total. The van der Waals surface area contributed by atoms with E-state index in [1.54, 1.807) is 50.7 Å². The molecule has 0 aliphatic rings. The molecule has 0 spiro atoms. The average molecular weight is 543 g/mol. The molecule has 39 heavy (non-hydrogen) atoms. The van der Waals surface area contributed by atoms with Gasteiger partial charge in [0.25, 0.3) is 0 Å². The second kappa shape index (κ2) is 10.3. The Labute approximate surface area is 221 Å². The minimum absolute atomic E-state index is 0.143. The molecule has 4 rings (SSSR count). The molecule has 2 aromatic heterocycles. The van der Waals surface area contributed by atoms with Crippen LogP contribution >= 0.6 is 0 Å². The number of alkyl halides is 3. The van der Waals surface area contributed by atoms with Crippen LogP contribution in [0.2, 0.25) is 0 Å². The fourth-order valence-corrected chi connectivity index (χ4v) is 3.87. The van der Waals surface area contributed by atoms with E-state index in [0.29, 0.717) is 21.7 Å². The number of carbonyl (C=O) groups is 2. The number of benzene rings is 2. The van der Waals surface area contributed by atoms with Crippen molar-refractivity contribution in [1.29, 1.82) is 0 Å². The smallest absolute Gasteiger partial charge is 0.434 e. The van der Waals surface area contributed by atoms with Gasteiger partial charge in [-0.1, -0.05) is 24.3 Å². The van der Waals surface area contributed by atoms with Crippen molar-refractivity contribution in [2.45, 2.75) is 31.9 Å². The van der Waals surface area contributed by atoms with Crippen LogP contribution in [0.15, 0.2) is 54.7 Å². The summed E-state index contributed by atoms with van der Waals surface area (Å²) in [5, 5.41) is 16.1. The number of methoxy groups -OCH3 is 2. The summed E-state index contributed by atoms with van der Waals surface area (Å²) in [6.45, 7) is 1.76. The molecule has 0 bridgehead atoms. The van der Waals surface area contributed by atoms with Crippen LogP contribution in [-0.2, 0) is 16.6 Å². The molecule has 0 unspecified atom stereocenters. The van der Waals surface area contributed by atoms with Gasteiger partial charge in [0.2, 0.25) is 5.91 Å². The molecule has 0 saturated carbocycles. The molecule has 0 fully saturated rings. The number of anilines is 1. The quantitative estimate of drug-likeness (QED) is 0.310. The third-order valence-electron chi connectivity index (χ3n) is 6.35. The second-order valence-corrected chi connectivity index (χ2v) is 9.28. The van der Waals surface area contributed by atoms with Crippen LogP contribution in [0, 0.1) is 0 Å². The van der Waals surface area contributed by atoms with Crippen molar-refractivity contribution in [2.75, 3.05) is 19.5 Å². The van der Waals surface area contributed by atoms with E-state index in [0.717, 1.165) is 41.9 Å². The predicted molar refractivity (Wildman–Crippen MR) is 137 cm³/mol. The van der Waals surface area contributed by atoms with Gasteiger partial charge in [-0.05, 0) is 37.1 Å². The molecule has 4 aromatic rings. The van der Waals surface area contributed by atoms with Gasteiger partial charge < -0.3 is 19.9 Å². The first-order valence-corrected chi connectivity index (χ1v) is 11.7. The lowest BCUT2D eigenvalue weighted by molar-refractivity contribution is -0.181. The number of hydrogen-bond acceptors (Lipinski definition) is 6. The monoisotopic (exact) mass is 542 g/mol. The maximum atomic E-state index is 13.4. The summed E-state index contributed by atoms with van der Waals surface area (Å²) in [6, 6.07) is 13.5. The van der Waals surface area contributed by atoms with Crippen LogP contribution in [0.5, 0.6) is 11.5 Å². The van der Waals surface area contributed by atoms with Crippen LogP contribution in [0.4, 0.5) is 23.8 Å². The molecule has 1 amide bonds. The summed E-state index contributed by atoms with van der Waals surface area (Å²) < 4.78 is 51.2. The molecular weight excluding hydrogens is 517 g/mol. The maximum Gasteiger partial charge on any atom is 0.434 e. The van der Waals surface area contributed by atoms with E-state index in [4.69, 9.17) is 9.47 Å². The number of aromatic nitrogens is 3. The first kappa shape index (κ1) is 27.4.